The van der Waals surface area contributed by atoms with Gasteiger partial charge in [0.1, 0.15) is 0 Å². The van der Waals surface area contributed by atoms with Gasteiger partial charge in [0.25, 0.3) is 0 Å². The largest absolute Gasteiger partial charge is 0.504 e. The van der Waals surface area contributed by atoms with E-state index in [1.54, 1.807) is 11.6 Å². The number of amides is 1. The molecular formula is C14H17N3O3S. The van der Waals surface area contributed by atoms with E-state index in [0.717, 1.165) is 5.69 Å². The van der Waals surface area contributed by atoms with Crippen molar-refractivity contribution in [3.05, 3.63) is 40.3 Å². The number of benzene rings is 1. The first-order valence-corrected chi connectivity index (χ1v) is 7.41. The Morgan fingerprint density at radius 3 is 2.86 bits per heavy atom. The maximum atomic E-state index is 11.9. The highest BCUT2D eigenvalue weighted by Crippen LogP contribution is 2.25. The monoisotopic (exact) mass is 307 g/mol. The molecule has 0 saturated heterocycles. The lowest BCUT2D eigenvalue weighted by atomic mass is 10.1. The zero-order chi connectivity index (χ0) is 15.2. The van der Waals surface area contributed by atoms with Gasteiger partial charge in [0, 0.05) is 18.3 Å². The van der Waals surface area contributed by atoms with Gasteiger partial charge in [-0.2, -0.15) is 0 Å². The Kier molecular flexibility index (Phi) is 5.13. The predicted molar refractivity (Wildman–Crippen MR) is 80.3 cm³/mol. The van der Waals surface area contributed by atoms with E-state index >= 15 is 0 Å². The van der Waals surface area contributed by atoms with E-state index in [1.165, 1.54) is 23.5 Å². The Balaban J connectivity index is 1.80. The maximum absolute atomic E-state index is 11.9. The number of hydrogen-bond acceptors (Lipinski definition) is 6. The highest BCUT2D eigenvalue weighted by Gasteiger charge is 2.14. The maximum Gasteiger partial charge on any atom is 0.237 e. The lowest BCUT2D eigenvalue weighted by Crippen LogP contribution is -2.42. The van der Waals surface area contributed by atoms with Crippen LogP contribution in [-0.4, -0.2) is 33.7 Å². The molecule has 6 nitrogen and oxygen atoms in total. The van der Waals surface area contributed by atoms with Gasteiger partial charge in [0.15, 0.2) is 11.5 Å². The SMILES string of the molecule is N[C@@H](Cc1ccc(O)c(O)c1)C(=O)NCCc1cscn1. The number of thiazole rings is 1. The minimum atomic E-state index is -0.704. The second kappa shape index (κ2) is 7.05. The third-order valence-corrected chi connectivity index (χ3v) is 3.63. The van der Waals surface area contributed by atoms with Crippen molar-refractivity contribution in [2.24, 2.45) is 5.73 Å². The van der Waals surface area contributed by atoms with Crippen LogP contribution in [0, 0.1) is 0 Å². The number of nitrogens with two attached hydrogens (primary N) is 1. The summed E-state index contributed by atoms with van der Waals surface area (Å²) < 4.78 is 0. The molecule has 1 atom stereocenters. The van der Waals surface area contributed by atoms with Crippen molar-refractivity contribution < 1.29 is 15.0 Å². The van der Waals surface area contributed by atoms with Gasteiger partial charge in [-0.15, -0.1) is 11.3 Å². The normalized spacial score (nSPS) is 12.0. The molecule has 0 aliphatic rings. The summed E-state index contributed by atoms with van der Waals surface area (Å²) in [7, 11) is 0. The molecule has 1 aromatic heterocycles. The van der Waals surface area contributed by atoms with Crippen molar-refractivity contribution in [3.8, 4) is 11.5 Å². The molecule has 2 rings (SSSR count). The molecule has 0 unspecified atom stereocenters. The lowest BCUT2D eigenvalue weighted by molar-refractivity contribution is -0.122. The van der Waals surface area contributed by atoms with Crippen LogP contribution in [0.1, 0.15) is 11.3 Å². The first-order chi connectivity index (χ1) is 10.1. The molecule has 0 radical (unpaired) electrons. The van der Waals surface area contributed by atoms with Crippen LogP contribution in [0.4, 0.5) is 0 Å². The van der Waals surface area contributed by atoms with Crippen LogP contribution in [0.2, 0.25) is 0 Å². The number of phenols is 2. The fourth-order valence-corrected chi connectivity index (χ4v) is 2.44. The van der Waals surface area contributed by atoms with Gasteiger partial charge in [0.2, 0.25) is 5.91 Å². The van der Waals surface area contributed by atoms with Crippen molar-refractivity contribution >= 4 is 17.2 Å². The van der Waals surface area contributed by atoms with E-state index in [-0.39, 0.29) is 23.8 Å². The Bertz CT molecular complexity index is 602. The molecule has 2 aromatic rings. The highest BCUT2D eigenvalue weighted by atomic mass is 32.1. The van der Waals surface area contributed by atoms with Gasteiger partial charge in [-0.1, -0.05) is 6.07 Å². The first kappa shape index (κ1) is 15.3. The van der Waals surface area contributed by atoms with Crippen molar-refractivity contribution in [2.75, 3.05) is 6.54 Å². The minimum absolute atomic E-state index is 0.194. The second-order valence-electron chi connectivity index (χ2n) is 4.65. The smallest absolute Gasteiger partial charge is 0.237 e. The van der Waals surface area contributed by atoms with Crippen molar-refractivity contribution in [3.63, 3.8) is 0 Å². The van der Waals surface area contributed by atoms with E-state index in [4.69, 9.17) is 5.73 Å². The number of rotatable bonds is 6. The molecule has 1 aromatic carbocycles. The zero-order valence-corrected chi connectivity index (χ0v) is 12.1. The predicted octanol–water partition coefficient (Wildman–Crippen LogP) is 0.783. The molecule has 0 spiro atoms. The average molecular weight is 307 g/mol. The molecule has 0 aliphatic heterocycles. The Labute approximate surface area is 126 Å². The van der Waals surface area contributed by atoms with E-state index < -0.39 is 6.04 Å². The average Bonchev–Trinajstić information content (AvgIpc) is 2.96. The second-order valence-corrected chi connectivity index (χ2v) is 5.37. The van der Waals surface area contributed by atoms with E-state index in [9.17, 15) is 15.0 Å². The zero-order valence-electron chi connectivity index (χ0n) is 11.3. The Morgan fingerprint density at radius 2 is 2.19 bits per heavy atom. The molecule has 0 saturated carbocycles. The van der Waals surface area contributed by atoms with Gasteiger partial charge in [-0.25, -0.2) is 4.98 Å². The molecular weight excluding hydrogens is 290 g/mol. The molecule has 1 amide bonds. The number of hydrogen-bond donors (Lipinski definition) is 4. The summed E-state index contributed by atoms with van der Waals surface area (Å²) in [6, 6.07) is 3.69. The van der Waals surface area contributed by atoms with Crippen molar-refractivity contribution in [1.82, 2.24) is 10.3 Å². The van der Waals surface area contributed by atoms with E-state index in [2.05, 4.69) is 10.3 Å². The summed E-state index contributed by atoms with van der Waals surface area (Å²) >= 11 is 1.52. The number of phenolic OH excluding ortho intramolecular Hbond substituents is 2. The molecule has 0 fully saturated rings. The number of nitrogens with zero attached hydrogens (tertiary/aromatic N) is 1. The van der Waals surface area contributed by atoms with Gasteiger partial charge < -0.3 is 21.3 Å². The third-order valence-electron chi connectivity index (χ3n) is 3.00. The summed E-state index contributed by atoms with van der Waals surface area (Å²) in [5, 5.41) is 23.3. The summed E-state index contributed by atoms with van der Waals surface area (Å²) in [5.41, 5.74) is 9.21. The molecule has 1 heterocycles. The Morgan fingerprint density at radius 1 is 1.38 bits per heavy atom. The summed E-state index contributed by atoms with van der Waals surface area (Å²) in [4.78, 5) is 16.0. The molecule has 0 bridgehead atoms. The van der Waals surface area contributed by atoms with Crippen LogP contribution in [0.25, 0.3) is 0 Å². The standard InChI is InChI=1S/C14H17N3O3S/c15-11(5-9-1-2-12(18)13(19)6-9)14(20)16-4-3-10-7-21-8-17-10/h1-2,6-8,11,18-19H,3-5,15H2,(H,16,20)/t11-/m0/s1. The molecule has 0 aliphatic carbocycles. The third kappa shape index (κ3) is 4.44. The van der Waals surface area contributed by atoms with Crippen LogP contribution in [0.5, 0.6) is 11.5 Å². The van der Waals surface area contributed by atoms with Crippen LogP contribution in [0.15, 0.2) is 29.1 Å². The number of carbonyl (C=O) groups excluding carboxylic acids is 1. The lowest BCUT2D eigenvalue weighted by Gasteiger charge is -2.12. The number of carbonyl (C=O) groups is 1. The van der Waals surface area contributed by atoms with Crippen LogP contribution in [0.3, 0.4) is 0 Å². The van der Waals surface area contributed by atoms with Gasteiger partial charge >= 0.3 is 0 Å². The quantitative estimate of drug-likeness (QED) is 0.590. The van der Waals surface area contributed by atoms with Crippen LogP contribution < -0.4 is 11.1 Å². The Hall–Kier alpha value is -2.12. The fourth-order valence-electron chi connectivity index (χ4n) is 1.85. The van der Waals surface area contributed by atoms with Crippen LogP contribution >= 0.6 is 11.3 Å². The first-order valence-electron chi connectivity index (χ1n) is 6.47. The number of aromatic nitrogens is 1. The number of aromatic hydroxyl groups is 2. The molecule has 5 N–H and O–H groups in total. The molecule has 7 heteroatoms. The highest BCUT2D eigenvalue weighted by molar-refractivity contribution is 7.07. The van der Waals surface area contributed by atoms with Crippen LogP contribution in [-0.2, 0) is 17.6 Å². The summed E-state index contributed by atoms with van der Waals surface area (Å²) in [6.07, 6.45) is 0.957. The minimum Gasteiger partial charge on any atom is -0.504 e. The fraction of sp³-hybridized carbons (Fsp3) is 0.286. The number of nitrogens with one attached hydrogen (secondary N) is 1. The van der Waals surface area contributed by atoms with E-state index in [1.807, 2.05) is 5.38 Å². The molecule has 112 valence electrons. The summed E-state index contributed by atoms with van der Waals surface area (Å²) in [6.45, 7) is 0.483. The van der Waals surface area contributed by atoms with Gasteiger partial charge in [-0.05, 0) is 24.1 Å². The summed E-state index contributed by atoms with van der Waals surface area (Å²) in [5.74, 6) is -0.665. The topological polar surface area (TPSA) is 108 Å². The van der Waals surface area contributed by atoms with Crippen molar-refractivity contribution in [1.29, 1.82) is 0 Å². The van der Waals surface area contributed by atoms with E-state index in [0.29, 0.717) is 18.5 Å². The van der Waals surface area contributed by atoms with Gasteiger partial charge in [-0.3, -0.25) is 4.79 Å². The molecule has 21 heavy (non-hydrogen) atoms. The van der Waals surface area contributed by atoms with Gasteiger partial charge in [0.05, 0.1) is 17.2 Å². The van der Waals surface area contributed by atoms with Crippen molar-refractivity contribution in [2.45, 2.75) is 18.9 Å².